The largest absolute Gasteiger partial charge is 0.456 e. The number of para-hydroxylation sites is 2. The van der Waals surface area contributed by atoms with E-state index in [1.54, 1.807) is 0 Å². The second kappa shape index (κ2) is 10.9. The molecular formula is C45H26N4OS. The number of aromatic nitrogens is 4. The molecule has 0 fully saturated rings. The van der Waals surface area contributed by atoms with E-state index in [9.17, 15) is 0 Å². The van der Waals surface area contributed by atoms with Gasteiger partial charge in [-0.3, -0.25) is 4.57 Å². The fourth-order valence-electron chi connectivity index (χ4n) is 7.59. The summed E-state index contributed by atoms with van der Waals surface area (Å²) in [5.74, 6) is 1.76. The molecule has 11 rings (SSSR count). The van der Waals surface area contributed by atoms with Crippen LogP contribution in [0.3, 0.4) is 0 Å². The van der Waals surface area contributed by atoms with Crippen LogP contribution in [0.1, 0.15) is 0 Å². The normalized spacial score (nSPS) is 11.9. The van der Waals surface area contributed by atoms with Crippen LogP contribution in [-0.2, 0) is 0 Å². The molecule has 4 aromatic heterocycles. The number of benzene rings is 7. The monoisotopic (exact) mass is 670 g/mol. The number of rotatable bonds is 4. The molecule has 0 aliphatic rings. The van der Waals surface area contributed by atoms with Crippen LogP contribution in [-0.4, -0.2) is 19.5 Å². The summed E-state index contributed by atoms with van der Waals surface area (Å²) in [4.78, 5) is 15.8. The fourth-order valence-corrected chi connectivity index (χ4v) is 8.85. The number of hydrogen-bond donors (Lipinski definition) is 0. The zero-order valence-corrected chi connectivity index (χ0v) is 27.9. The first-order valence-electron chi connectivity index (χ1n) is 16.9. The molecule has 51 heavy (non-hydrogen) atoms. The summed E-state index contributed by atoms with van der Waals surface area (Å²) in [6.45, 7) is 0. The van der Waals surface area contributed by atoms with E-state index in [1.807, 2.05) is 47.7 Å². The molecule has 0 aliphatic heterocycles. The predicted octanol–water partition coefficient (Wildman–Crippen LogP) is 12.2. The highest BCUT2D eigenvalue weighted by Gasteiger charge is 2.22. The average Bonchev–Trinajstić information content (AvgIpc) is 3.87. The van der Waals surface area contributed by atoms with Crippen LogP contribution < -0.4 is 0 Å². The lowest BCUT2D eigenvalue weighted by Crippen LogP contribution is -2.06. The van der Waals surface area contributed by atoms with Gasteiger partial charge in [0.05, 0.1) is 11.0 Å². The van der Waals surface area contributed by atoms with E-state index >= 15 is 0 Å². The van der Waals surface area contributed by atoms with Gasteiger partial charge in [-0.25, -0.2) is 4.98 Å². The van der Waals surface area contributed by atoms with Crippen LogP contribution in [0.25, 0.3) is 104 Å². The minimum atomic E-state index is 0.566. The third kappa shape index (κ3) is 4.30. The Kier molecular flexibility index (Phi) is 6.05. The van der Waals surface area contributed by atoms with E-state index in [0.717, 1.165) is 55.2 Å². The Bertz CT molecular complexity index is 3150. The first kappa shape index (κ1) is 28.2. The van der Waals surface area contributed by atoms with Crippen molar-refractivity contribution >= 4 is 75.3 Å². The molecule has 5 nitrogen and oxygen atoms in total. The first-order valence-corrected chi connectivity index (χ1v) is 17.8. The highest BCUT2D eigenvalue weighted by atomic mass is 32.1. The van der Waals surface area contributed by atoms with E-state index in [-0.39, 0.29) is 0 Å². The predicted molar refractivity (Wildman–Crippen MR) is 211 cm³/mol. The molecule has 11 aromatic rings. The van der Waals surface area contributed by atoms with Crippen LogP contribution in [0.4, 0.5) is 0 Å². The van der Waals surface area contributed by atoms with Gasteiger partial charge in [0.2, 0.25) is 5.95 Å². The summed E-state index contributed by atoms with van der Waals surface area (Å²) in [6, 6.07) is 54.8. The van der Waals surface area contributed by atoms with E-state index in [4.69, 9.17) is 19.4 Å². The third-order valence-corrected chi connectivity index (χ3v) is 11.1. The van der Waals surface area contributed by atoms with Crippen molar-refractivity contribution in [3.05, 3.63) is 158 Å². The topological polar surface area (TPSA) is 56.7 Å². The SMILES string of the molecule is c1ccc(-c2cccc(-c3nc(-c4cccc5oc6ccccc6c45)nc(-n4c5ccccc5c5c6sc7ccccc7c6ccc54)n3)c2)cc1. The summed E-state index contributed by atoms with van der Waals surface area (Å²) in [5.41, 5.74) is 7.79. The lowest BCUT2D eigenvalue weighted by Gasteiger charge is -2.12. The Balaban J connectivity index is 1.23. The van der Waals surface area contributed by atoms with Gasteiger partial charge in [0.1, 0.15) is 11.2 Å². The van der Waals surface area contributed by atoms with Gasteiger partial charge in [0.25, 0.3) is 0 Å². The second-order valence-electron chi connectivity index (χ2n) is 12.8. The number of fused-ring (bicyclic) bond motifs is 10. The number of furan rings is 1. The molecule has 0 bridgehead atoms. The van der Waals surface area contributed by atoms with Gasteiger partial charge in [0.15, 0.2) is 11.6 Å². The van der Waals surface area contributed by atoms with Crippen LogP contribution in [0, 0.1) is 0 Å². The summed E-state index contributed by atoms with van der Waals surface area (Å²) in [5, 5.41) is 6.94. The lowest BCUT2D eigenvalue weighted by molar-refractivity contribution is 0.669. The molecular weight excluding hydrogens is 645 g/mol. The van der Waals surface area contributed by atoms with Crippen molar-refractivity contribution in [2.24, 2.45) is 0 Å². The van der Waals surface area contributed by atoms with Gasteiger partial charge in [-0.05, 0) is 47.5 Å². The van der Waals surface area contributed by atoms with Gasteiger partial charge >= 0.3 is 0 Å². The van der Waals surface area contributed by atoms with Crippen molar-refractivity contribution in [1.29, 1.82) is 0 Å². The molecule has 0 spiro atoms. The Labute approximate surface area is 295 Å². The van der Waals surface area contributed by atoms with Gasteiger partial charge in [0, 0.05) is 52.8 Å². The molecule has 0 N–H and O–H groups in total. The second-order valence-corrected chi connectivity index (χ2v) is 13.8. The van der Waals surface area contributed by atoms with Crippen LogP contribution in [0.2, 0.25) is 0 Å². The smallest absolute Gasteiger partial charge is 0.238 e. The Morgan fingerprint density at radius 1 is 0.451 bits per heavy atom. The van der Waals surface area contributed by atoms with Crippen LogP contribution >= 0.6 is 11.3 Å². The molecule has 0 unspecified atom stereocenters. The zero-order chi connectivity index (χ0) is 33.5. The quantitative estimate of drug-likeness (QED) is 0.187. The standard InChI is InChI=1S/C45H26N4OS/c1-2-12-27(13-3-1)28-14-10-15-29(26-28)43-46-44(34-19-11-22-38-40(34)33-18-5-8-21-37(33)50-38)48-45(47-43)49-35-20-7-4-17-32(35)41-36(49)25-24-31-30-16-6-9-23-39(30)51-42(31)41/h1-26H. The fraction of sp³-hybridized carbons (Fsp3) is 0. The van der Waals surface area contributed by atoms with Gasteiger partial charge in [-0.2, -0.15) is 9.97 Å². The number of nitrogens with zero attached hydrogens (tertiary/aromatic N) is 4. The number of thiophene rings is 1. The maximum atomic E-state index is 6.30. The summed E-state index contributed by atoms with van der Waals surface area (Å²) >= 11 is 1.84. The van der Waals surface area contributed by atoms with Gasteiger partial charge in [-0.1, -0.05) is 121 Å². The highest BCUT2D eigenvalue weighted by molar-refractivity contribution is 7.26. The van der Waals surface area contributed by atoms with Crippen LogP contribution in [0.15, 0.2) is 162 Å². The average molecular weight is 671 g/mol. The Morgan fingerprint density at radius 3 is 2.08 bits per heavy atom. The summed E-state index contributed by atoms with van der Waals surface area (Å²) < 4.78 is 11.1. The van der Waals surface area contributed by atoms with Crippen molar-refractivity contribution in [3.8, 4) is 39.9 Å². The van der Waals surface area contributed by atoms with Crippen molar-refractivity contribution in [2.75, 3.05) is 0 Å². The van der Waals surface area contributed by atoms with E-state index in [2.05, 4.69) is 126 Å². The molecule has 238 valence electrons. The molecule has 0 radical (unpaired) electrons. The third-order valence-electron chi connectivity index (χ3n) is 9.88. The van der Waals surface area contributed by atoms with Crippen molar-refractivity contribution in [3.63, 3.8) is 0 Å². The zero-order valence-electron chi connectivity index (χ0n) is 27.1. The maximum absolute atomic E-state index is 6.30. The number of hydrogen-bond acceptors (Lipinski definition) is 5. The Morgan fingerprint density at radius 2 is 1.16 bits per heavy atom. The molecule has 0 amide bonds. The van der Waals surface area contributed by atoms with E-state index in [1.165, 1.54) is 30.9 Å². The highest BCUT2D eigenvalue weighted by Crippen LogP contribution is 2.43. The van der Waals surface area contributed by atoms with E-state index < -0.39 is 0 Å². The molecule has 4 heterocycles. The summed E-state index contributed by atoms with van der Waals surface area (Å²) in [6.07, 6.45) is 0. The van der Waals surface area contributed by atoms with Crippen molar-refractivity contribution in [1.82, 2.24) is 19.5 Å². The van der Waals surface area contributed by atoms with Gasteiger partial charge in [-0.15, -0.1) is 11.3 Å². The summed E-state index contributed by atoms with van der Waals surface area (Å²) in [7, 11) is 0. The molecule has 7 aromatic carbocycles. The molecule has 0 saturated carbocycles. The first-order chi connectivity index (χ1) is 25.3. The minimum absolute atomic E-state index is 0.566. The van der Waals surface area contributed by atoms with Crippen LogP contribution in [0.5, 0.6) is 0 Å². The maximum Gasteiger partial charge on any atom is 0.238 e. The molecule has 0 atom stereocenters. The van der Waals surface area contributed by atoms with Crippen molar-refractivity contribution in [2.45, 2.75) is 0 Å². The minimum Gasteiger partial charge on any atom is -0.456 e. The lowest BCUT2D eigenvalue weighted by atomic mass is 10.0. The van der Waals surface area contributed by atoms with E-state index in [0.29, 0.717) is 17.6 Å². The Hall–Kier alpha value is -6.63. The molecule has 0 aliphatic carbocycles. The molecule has 0 saturated heterocycles. The van der Waals surface area contributed by atoms with Crippen molar-refractivity contribution < 1.29 is 4.42 Å². The molecule has 6 heteroatoms. The van der Waals surface area contributed by atoms with Gasteiger partial charge < -0.3 is 4.42 Å².